The molecule has 0 saturated heterocycles. The summed E-state index contributed by atoms with van der Waals surface area (Å²) in [6.07, 6.45) is 2.28. The van der Waals surface area contributed by atoms with Gasteiger partial charge in [0.15, 0.2) is 5.82 Å². The number of nitrogen functional groups attached to an aromatic ring is 1. The van der Waals surface area contributed by atoms with Crippen LogP contribution in [0.4, 0.5) is 0 Å². The van der Waals surface area contributed by atoms with E-state index in [-0.39, 0.29) is 0 Å². The van der Waals surface area contributed by atoms with E-state index >= 15 is 0 Å². The van der Waals surface area contributed by atoms with Crippen molar-refractivity contribution in [3.05, 3.63) is 48.1 Å². The van der Waals surface area contributed by atoms with Crippen molar-refractivity contribution in [2.24, 2.45) is 0 Å². The van der Waals surface area contributed by atoms with Gasteiger partial charge < -0.3 is 15.0 Å². The van der Waals surface area contributed by atoms with Gasteiger partial charge >= 0.3 is 0 Å². The Labute approximate surface area is 137 Å². The molecule has 7 nitrogen and oxygen atoms in total. The third kappa shape index (κ3) is 3.72. The highest BCUT2D eigenvalue weighted by atomic mass is 32.2. The summed E-state index contributed by atoms with van der Waals surface area (Å²) in [5.41, 5.74) is 1.78. The zero-order valence-electron chi connectivity index (χ0n) is 12.7. The molecule has 3 rings (SSSR count). The minimum absolute atomic E-state index is 0.559. The normalized spacial score (nSPS) is 11.0. The smallest absolute Gasteiger partial charge is 0.226 e. The van der Waals surface area contributed by atoms with Crippen molar-refractivity contribution >= 4 is 11.8 Å². The van der Waals surface area contributed by atoms with Crippen LogP contribution in [0.3, 0.4) is 0 Å². The van der Waals surface area contributed by atoms with E-state index in [9.17, 15) is 0 Å². The van der Waals surface area contributed by atoms with Crippen molar-refractivity contribution < 1.29 is 9.15 Å². The Kier molecular flexibility index (Phi) is 4.94. The van der Waals surface area contributed by atoms with Crippen LogP contribution in [-0.2, 0) is 16.9 Å². The van der Waals surface area contributed by atoms with Crippen molar-refractivity contribution in [2.75, 3.05) is 19.6 Å². The van der Waals surface area contributed by atoms with E-state index in [0.29, 0.717) is 35.7 Å². The SMILES string of the molecule is COCCc1nnc(SCc2coc(-c3ccccc3)n2)n1N. The molecule has 2 aromatic heterocycles. The monoisotopic (exact) mass is 331 g/mol. The summed E-state index contributed by atoms with van der Waals surface area (Å²) in [4.78, 5) is 4.48. The topological polar surface area (TPSA) is 92.0 Å². The number of methoxy groups -OCH3 is 1. The van der Waals surface area contributed by atoms with Gasteiger partial charge in [-0.05, 0) is 12.1 Å². The van der Waals surface area contributed by atoms with Crippen LogP contribution in [0.25, 0.3) is 11.5 Å². The molecule has 0 aliphatic rings. The van der Waals surface area contributed by atoms with Gasteiger partial charge in [-0.2, -0.15) is 0 Å². The molecule has 120 valence electrons. The molecule has 2 heterocycles. The highest BCUT2D eigenvalue weighted by Gasteiger charge is 2.12. The Hall–Kier alpha value is -2.32. The van der Waals surface area contributed by atoms with Gasteiger partial charge in [0.25, 0.3) is 0 Å². The van der Waals surface area contributed by atoms with Crippen LogP contribution in [-0.4, -0.2) is 33.6 Å². The first kappa shape index (κ1) is 15.6. The van der Waals surface area contributed by atoms with Crippen LogP contribution < -0.4 is 5.84 Å². The lowest BCUT2D eigenvalue weighted by Crippen LogP contribution is -2.15. The van der Waals surface area contributed by atoms with E-state index in [0.717, 1.165) is 11.3 Å². The predicted molar refractivity (Wildman–Crippen MR) is 87.3 cm³/mol. The molecule has 0 bridgehead atoms. The first-order chi connectivity index (χ1) is 11.3. The Bertz CT molecular complexity index is 756. The summed E-state index contributed by atoms with van der Waals surface area (Å²) in [6.45, 7) is 0.559. The number of nitrogens with two attached hydrogens (primary N) is 1. The molecule has 0 amide bonds. The zero-order chi connectivity index (χ0) is 16.1. The Morgan fingerprint density at radius 3 is 2.87 bits per heavy atom. The first-order valence-corrected chi connectivity index (χ1v) is 8.07. The zero-order valence-corrected chi connectivity index (χ0v) is 13.5. The number of hydrogen-bond acceptors (Lipinski definition) is 7. The highest BCUT2D eigenvalue weighted by Crippen LogP contribution is 2.23. The molecule has 3 aromatic rings. The van der Waals surface area contributed by atoms with Crippen molar-refractivity contribution in [3.63, 3.8) is 0 Å². The molecule has 0 spiro atoms. The molecular weight excluding hydrogens is 314 g/mol. The molecule has 0 saturated carbocycles. The Morgan fingerprint density at radius 2 is 2.09 bits per heavy atom. The maximum absolute atomic E-state index is 5.98. The molecule has 1 aromatic carbocycles. The highest BCUT2D eigenvalue weighted by molar-refractivity contribution is 7.98. The lowest BCUT2D eigenvalue weighted by molar-refractivity contribution is 0.200. The summed E-state index contributed by atoms with van der Waals surface area (Å²) >= 11 is 1.46. The van der Waals surface area contributed by atoms with Crippen LogP contribution in [0.1, 0.15) is 11.5 Å². The molecule has 2 N–H and O–H groups in total. The van der Waals surface area contributed by atoms with Gasteiger partial charge in [0, 0.05) is 24.8 Å². The lowest BCUT2D eigenvalue weighted by Gasteiger charge is -2.02. The molecule has 23 heavy (non-hydrogen) atoms. The molecule has 0 fully saturated rings. The van der Waals surface area contributed by atoms with E-state index < -0.39 is 0 Å². The third-order valence-corrected chi connectivity index (χ3v) is 4.16. The lowest BCUT2D eigenvalue weighted by atomic mass is 10.2. The Morgan fingerprint density at radius 1 is 1.26 bits per heavy atom. The number of hydrogen-bond donors (Lipinski definition) is 1. The second kappa shape index (κ2) is 7.30. The predicted octanol–water partition coefficient (Wildman–Crippen LogP) is 2.13. The molecule has 8 heteroatoms. The minimum atomic E-state index is 0.559. The van der Waals surface area contributed by atoms with Gasteiger partial charge in [-0.25, -0.2) is 9.66 Å². The fourth-order valence-corrected chi connectivity index (χ4v) is 2.75. The summed E-state index contributed by atoms with van der Waals surface area (Å²) in [6, 6.07) is 9.78. The number of aromatic nitrogens is 4. The average Bonchev–Trinajstić information content (AvgIpc) is 3.19. The van der Waals surface area contributed by atoms with Crippen LogP contribution in [0.15, 0.2) is 46.2 Å². The van der Waals surface area contributed by atoms with Crippen molar-refractivity contribution in [1.29, 1.82) is 0 Å². The minimum Gasteiger partial charge on any atom is -0.444 e. The van der Waals surface area contributed by atoms with Gasteiger partial charge in [0.1, 0.15) is 6.26 Å². The largest absolute Gasteiger partial charge is 0.444 e. The van der Waals surface area contributed by atoms with Gasteiger partial charge in [0.05, 0.1) is 12.3 Å². The van der Waals surface area contributed by atoms with E-state index in [2.05, 4.69) is 15.2 Å². The van der Waals surface area contributed by atoms with E-state index in [1.54, 1.807) is 13.4 Å². The van der Waals surface area contributed by atoms with Crippen molar-refractivity contribution in [2.45, 2.75) is 17.3 Å². The summed E-state index contributed by atoms with van der Waals surface area (Å²) < 4.78 is 12.0. The number of nitrogens with zero attached hydrogens (tertiary/aromatic N) is 4. The van der Waals surface area contributed by atoms with Crippen molar-refractivity contribution in [1.82, 2.24) is 19.9 Å². The fourth-order valence-electron chi connectivity index (χ4n) is 1.99. The maximum Gasteiger partial charge on any atom is 0.226 e. The van der Waals surface area contributed by atoms with Crippen molar-refractivity contribution in [3.8, 4) is 11.5 Å². The first-order valence-electron chi connectivity index (χ1n) is 7.09. The van der Waals surface area contributed by atoms with E-state index in [1.165, 1.54) is 16.4 Å². The van der Waals surface area contributed by atoms with Crippen LogP contribution >= 0.6 is 11.8 Å². The van der Waals surface area contributed by atoms with E-state index in [1.807, 2.05) is 30.3 Å². The summed E-state index contributed by atoms with van der Waals surface area (Å²) in [7, 11) is 1.64. The number of rotatable bonds is 7. The maximum atomic E-state index is 5.98. The second-order valence-electron chi connectivity index (χ2n) is 4.81. The quantitative estimate of drug-likeness (QED) is 0.523. The molecule has 0 radical (unpaired) electrons. The standard InChI is InChI=1S/C15H17N5O2S/c1-21-8-7-13-18-19-15(20(13)16)23-10-12-9-22-14(17-12)11-5-3-2-4-6-11/h2-6,9H,7-8,10,16H2,1H3. The molecule has 0 aliphatic heterocycles. The molecule has 0 aliphatic carbocycles. The number of oxazole rings is 1. The number of thioether (sulfide) groups is 1. The number of ether oxygens (including phenoxy) is 1. The van der Waals surface area contributed by atoms with Gasteiger partial charge in [-0.3, -0.25) is 0 Å². The van der Waals surface area contributed by atoms with Crippen LogP contribution in [0.5, 0.6) is 0 Å². The second-order valence-corrected chi connectivity index (χ2v) is 5.75. The molecule has 0 atom stereocenters. The molecular formula is C15H17N5O2S. The number of benzene rings is 1. The van der Waals surface area contributed by atoms with Gasteiger partial charge in [-0.1, -0.05) is 30.0 Å². The Balaban J connectivity index is 1.63. The van der Waals surface area contributed by atoms with E-state index in [4.69, 9.17) is 15.0 Å². The van der Waals surface area contributed by atoms with Gasteiger partial charge in [-0.15, -0.1) is 10.2 Å². The summed E-state index contributed by atoms with van der Waals surface area (Å²) in [5, 5.41) is 8.79. The fraction of sp³-hybridized carbons (Fsp3) is 0.267. The average molecular weight is 331 g/mol. The van der Waals surface area contributed by atoms with Gasteiger partial charge in [0.2, 0.25) is 11.0 Å². The molecule has 0 unspecified atom stereocenters. The van der Waals surface area contributed by atoms with Crippen LogP contribution in [0, 0.1) is 0 Å². The third-order valence-electron chi connectivity index (χ3n) is 3.19. The summed E-state index contributed by atoms with van der Waals surface area (Å²) in [5.74, 6) is 7.88. The van der Waals surface area contributed by atoms with Crippen LogP contribution in [0.2, 0.25) is 0 Å².